The molecular weight excluding hydrogens is 630 g/mol. The van der Waals surface area contributed by atoms with Crippen LogP contribution >= 0.6 is 23.7 Å². The number of fused-ring (bicyclic) bond motifs is 1. The minimum Gasteiger partial charge on any atom is -0.341 e. The molecule has 2 N–H and O–H groups in total. The molecule has 46 heavy (non-hydrogen) atoms. The molecule has 240 valence electrons. The second-order valence-electron chi connectivity index (χ2n) is 11.2. The lowest BCUT2D eigenvalue weighted by Gasteiger charge is -2.18. The molecule has 0 aliphatic carbocycles. The molecule has 0 atom stereocenters. The minimum absolute atomic E-state index is 0. The summed E-state index contributed by atoms with van der Waals surface area (Å²) in [5.74, 6) is -2.23. The fourth-order valence-electron chi connectivity index (χ4n) is 5.26. The number of urea groups is 1. The maximum atomic E-state index is 14.9. The molecule has 3 aromatic carbocycles. The number of benzene rings is 3. The zero-order valence-corrected chi connectivity index (χ0v) is 27.5. The summed E-state index contributed by atoms with van der Waals surface area (Å²) in [5, 5.41) is 5.61. The predicted octanol–water partition coefficient (Wildman–Crippen LogP) is 7.70. The van der Waals surface area contributed by atoms with Gasteiger partial charge in [-0.25, -0.2) is 13.6 Å². The number of anilines is 1. The van der Waals surface area contributed by atoms with E-state index >= 15 is 0 Å². The van der Waals surface area contributed by atoms with Crippen LogP contribution < -0.4 is 16.1 Å². The summed E-state index contributed by atoms with van der Waals surface area (Å²) in [6.45, 7) is 4.20. The van der Waals surface area contributed by atoms with Crippen LogP contribution in [0.4, 0.5) is 19.3 Å². The molecule has 5 aromatic rings. The highest BCUT2D eigenvalue weighted by atomic mass is 35.5. The summed E-state index contributed by atoms with van der Waals surface area (Å²) in [6.07, 6.45) is 1.44. The third-order valence-corrected chi connectivity index (χ3v) is 8.86. The standard InChI is InChI=1S/C35H34F2N4O3S.ClH/c1-21(2)31(42)27-20-41(19-25-28(36)11-8-12-29(25)37)34-30(32(27)43)26(18-40(4)17-22-9-6-5-7-10-22)33(45-34)23-13-15-24(16-14-23)39-35(44)38-3;/h5-16,20-21H,17-19H2,1-4H3,(H2,38,39,44);1H. The molecular formula is C35H35ClF2N4O3S. The van der Waals surface area contributed by atoms with Gasteiger partial charge < -0.3 is 15.2 Å². The van der Waals surface area contributed by atoms with Gasteiger partial charge in [0.25, 0.3) is 0 Å². The summed E-state index contributed by atoms with van der Waals surface area (Å²) in [5.41, 5.74) is 2.60. The molecule has 0 fully saturated rings. The molecule has 0 aliphatic heterocycles. The van der Waals surface area contributed by atoms with Crippen LogP contribution in [0.1, 0.15) is 40.9 Å². The molecule has 0 saturated heterocycles. The van der Waals surface area contributed by atoms with Gasteiger partial charge in [0.05, 0.1) is 17.5 Å². The Labute approximate surface area is 276 Å². The number of rotatable bonds is 10. The molecule has 2 amide bonds. The number of nitrogens with zero attached hydrogens (tertiary/aromatic N) is 2. The number of aromatic nitrogens is 1. The number of carbonyl (C=O) groups excluding carboxylic acids is 2. The van der Waals surface area contributed by atoms with Gasteiger partial charge in [-0.05, 0) is 48.0 Å². The molecule has 0 aliphatic rings. The second kappa shape index (κ2) is 14.8. The molecule has 0 radical (unpaired) electrons. The number of amides is 2. The first-order valence-electron chi connectivity index (χ1n) is 14.5. The third-order valence-electron chi connectivity index (χ3n) is 7.54. The summed E-state index contributed by atoms with van der Waals surface area (Å²) in [4.78, 5) is 42.7. The highest BCUT2D eigenvalue weighted by molar-refractivity contribution is 7.22. The summed E-state index contributed by atoms with van der Waals surface area (Å²) in [7, 11) is 3.48. The van der Waals surface area contributed by atoms with Crippen LogP contribution in [0.15, 0.2) is 83.8 Å². The van der Waals surface area contributed by atoms with E-state index in [1.165, 1.54) is 42.8 Å². The van der Waals surface area contributed by atoms with E-state index in [-0.39, 0.29) is 41.9 Å². The van der Waals surface area contributed by atoms with Crippen molar-refractivity contribution >= 4 is 51.5 Å². The quantitative estimate of drug-likeness (QED) is 0.150. The lowest BCUT2D eigenvalue weighted by atomic mass is 9.99. The van der Waals surface area contributed by atoms with Crippen LogP contribution in [0.2, 0.25) is 0 Å². The zero-order chi connectivity index (χ0) is 32.2. The largest absolute Gasteiger partial charge is 0.341 e. The monoisotopic (exact) mass is 664 g/mol. The first-order chi connectivity index (χ1) is 21.6. The van der Waals surface area contributed by atoms with Gasteiger partial charge in [-0.15, -0.1) is 23.7 Å². The maximum absolute atomic E-state index is 14.9. The number of pyridine rings is 1. The maximum Gasteiger partial charge on any atom is 0.318 e. The van der Waals surface area contributed by atoms with Gasteiger partial charge in [-0.2, -0.15) is 0 Å². The molecule has 0 saturated carbocycles. The Morgan fingerprint density at radius 3 is 2.17 bits per heavy atom. The van der Waals surface area contributed by atoms with Crippen LogP contribution in [0, 0.1) is 17.6 Å². The molecule has 0 unspecified atom stereocenters. The van der Waals surface area contributed by atoms with Crippen LogP contribution in [0.5, 0.6) is 0 Å². The Balaban J connectivity index is 0.00000480. The Bertz CT molecular complexity index is 1900. The SMILES string of the molecule is CNC(=O)Nc1ccc(-c2sc3c(c2CN(C)Cc2ccccc2)c(=O)c(C(=O)C(C)C)cn3Cc2c(F)cccc2F)cc1.Cl. The van der Waals surface area contributed by atoms with Gasteiger partial charge in [0.1, 0.15) is 16.5 Å². The first-order valence-corrected chi connectivity index (χ1v) is 15.4. The van der Waals surface area contributed by atoms with E-state index in [2.05, 4.69) is 15.5 Å². The number of Topliss-reactive ketones (excluding diaryl/α,β-unsaturated/α-hetero) is 1. The summed E-state index contributed by atoms with van der Waals surface area (Å²) >= 11 is 1.33. The van der Waals surface area contributed by atoms with Crippen molar-refractivity contribution in [1.29, 1.82) is 0 Å². The van der Waals surface area contributed by atoms with Crippen molar-refractivity contribution in [2.75, 3.05) is 19.4 Å². The number of ketones is 1. The van der Waals surface area contributed by atoms with Crippen molar-refractivity contribution in [3.63, 3.8) is 0 Å². The highest BCUT2D eigenvalue weighted by Gasteiger charge is 2.26. The smallest absolute Gasteiger partial charge is 0.318 e. The lowest BCUT2D eigenvalue weighted by molar-refractivity contribution is 0.0937. The molecule has 7 nitrogen and oxygen atoms in total. The Hall–Kier alpha value is -4.38. The number of hydrogen-bond donors (Lipinski definition) is 2. The van der Waals surface area contributed by atoms with Crippen molar-refractivity contribution in [2.45, 2.75) is 33.5 Å². The van der Waals surface area contributed by atoms with Crippen molar-refractivity contribution in [3.05, 3.63) is 123 Å². The van der Waals surface area contributed by atoms with E-state index in [1.807, 2.05) is 49.5 Å². The number of thiophene rings is 1. The average molecular weight is 665 g/mol. The number of carbonyl (C=O) groups is 2. The summed E-state index contributed by atoms with van der Waals surface area (Å²) in [6, 6.07) is 20.5. The van der Waals surface area contributed by atoms with Crippen LogP contribution in [0.25, 0.3) is 20.7 Å². The average Bonchev–Trinajstić information content (AvgIpc) is 3.40. The third kappa shape index (κ3) is 7.36. The van der Waals surface area contributed by atoms with Crippen molar-refractivity contribution in [3.8, 4) is 10.4 Å². The second-order valence-corrected chi connectivity index (χ2v) is 12.2. The van der Waals surface area contributed by atoms with Crippen LogP contribution in [-0.4, -0.2) is 35.4 Å². The number of hydrogen-bond acceptors (Lipinski definition) is 5. The van der Waals surface area contributed by atoms with E-state index in [0.717, 1.165) is 16.0 Å². The predicted molar refractivity (Wildman–Crippen MR) is 183 cm³/mol. The molecule has 2 aromatic heterocycles. The normalized spacial score (nSPS) is 11.1. The number of halogens is 3. The van der Waals surface area contributed by atoms with Gasteiger partial charge in [0.2, 0.25) is 5.43 Å². The van der Waals surface area contributed by atoms with E-state index in [1.54, 1.807) is 30.5 Å². The van der Waals surface area contributed by atoms with Crippen molar-refractivity contribution in [1.82, 2.24) is 14.8 Å². The fraction of sp³-hybridized carbons (Fsp3) is 0.229. The van der Waals surface area contributed by atoms with Gasteiger partial charge in [-0.1, -0.05) is 62.4 Å². The Morgan fingerprint density at radius 2 is 1.57 bits per heavy atom. The molecule has 0 bridgehead atoms. The van der Waals surface area contributed by atoms with Gasteiger partial charge in [0.15, 0.2) is 5.78 Å². The van der Waals surface area contributed by atoms with Crippen LogP contribution in [-0.2, 0) is 19.6 Å². The Morgan fingerprint density at radius 1 is 0.913 bits per heavy atom. The zero-order valence-electron chi connectivity index (χ0n) is 25.9. The molecule has 11 heteroatoms. The number of nitrogens with one attached hydrogen (secondary N) is 2. The molecule has 2 heterocycles. The van der Waals surface area contributed by atoms with Gasteiger partial charge in [-0.3, -0.25) is 14.5 Å². The van der Waals surface area contributed by atoms with E-state index in [0.29, 0.717) is 34.6 Å². The lowest BCUT2D eigenvalue weighted by Crippen LogP contribution is -2.24. The molecule has 0 spiro atoms. The summed E-state index contributed by atoms with van der Waals surface area (Å²) < 4.78 is 31.3. The van der Waals surface area contributed by atoms with E-state index in [4.69, 9.17) is 0 Å². The van der Waals surface area contributed by atoms with E-state index in [9.17, 15) is 23.2 Å². The van der Waals surface area contributed by atoms with Gasteiger partial charge >= 0.3 is 6.03 Å². The van der Waals surface area contributed by atoms with Crippen molar-refractivity contribution in [2.24, 2.45) is 5.92 Å². The van der Waals surface area contributed by atoms with Crippen molar-refractivity contribution < 1.29 is 18.4 Å². The van der Waals surface area contributed by atoms with Gasteiger partial charge in [0, 0.05) is 48.4 Å². The molecule has 5 rings (SSSR count). The fourth-order valence-corrected chi connectivity index (χ4v) is 6.55. The minimum atomic E-state index is -0.711. The van der Waals surface area contributed by atoms with Crippen LogP contribution in [0.3, 0.4) is 0 Å². The topological polar surface area (TPSA) is 83.4 Å². The van der Waals surface area contributed by atoms with E-state index < -0.39 is 23.0 Å². The Kier molecular flexibility index (Phi) is 11.1. The highest BCUT2D eigenvalue weighted by Crippen LogP contribution is 2.39. The first kappa shape index (κ1) is 34.5.